The van der Waals surface area contributed by atoms with Gasteiger partial charge in [0.1, 0.15) is 23.8 Å². The lowest BCUT2D eigenvalue weighted by Crippen LogP contribution is -2.46. The topological polar surface area (TPSA) is 115 Å². The molecule has 37 heavy (non-hydrogen) atoms. The Labute approximate surface area is 214 Å². The van der Waals surface area contributed by atoms with E-state index >= 15 is 0 Å². The van der Waals surface area contributed by atoms with Gasteiger partial charge >= 0.3 is 0 Å². The standard InChI is InChI=1S/C27H28N6O4/c1-18-9-11-19(12-10-18)25(26(34)29-20-6-3-4-7-20)33(27(35)23-8-5-15-37-23)21-13-14-22(24(16-21)36-2)32-17-28-30-31-32/h5,8-17,20,25H,3-4,6-7H2,1-2H3,(H,29,34). The lowest BCUT2D eigenvalue weighted by Gasteiger charge is -2.32. The molecule has 1 saturated carbocycles. The molecular weight excluding hydrogens is 472 g/mol. The van der Waals surface area contributed by atoms with Gasteiger partial charge in [-0.05, 0) is 60.0 Å². The number of aromatic nitrogens is 4. The highest BCUT2D eigenvalue weighted by molar-refractivity contribution is 6.08. The Morgan fingerprint density at radius 2 is 1.92 bits per heavy atom. The summed E-state index contributed by atoms with van der Waals surface area (Å²) >= 11 is 0. The number of carbonyl (C=O) groups is 2. The molecule has 1 aliphatic rings. The lowest BCUT2D eigenvalue weighted by atomic mass is 10.0. The molecule has 0 bridgehead atoms. The molecule has 2 amide bonds. The SMILES string of the molecule is COc1cc(N(C(=O)c2ccco2)C(C(=O)NC2CCCC2)c2ccc(C)cc2)ccc1-n1cnnn1. The Morgan fingerprint density at radius 3 is 2.57 bits per heavy atom. The van der Waals surface area contributed by atoms with Crippen molar-refractivity contribution in [3.63, 3.8) is 0 Å². The second-order valence-corrected chi connectivity index (χ2v) is 9.07. The highest BCUT2D eigenvalue weighted by Gasteiger charge is 2.36. The predicted octanol–water partition coefficient (Wildman–Crippen LogP) is 4.02. The van der Waals surface area contributed by atoms with Crippen LogP contribution >= 0.6 is 0 Å². The van der Waals surface area contributed by atoms with Gasteiger partial charge in [-0.1, -0.05) is 42.7 Å². The van der Waals surface area contributed by atoms with Crippen LogP contribution in [0.1, 0.15) is 53.4 Å². The zero-order chi connectivity index (χ0) is 25.8. The van der Waals surface area contributed by atoms with E-state index < -0.39 is 11.9 Å². The molecule has 10 heteroatoms. The monoisotopic (exact) mass is 500 g/mol. The van der Waals surface area contributed by atoms with Crippen molar-refractivity contribution in [3.05, 3.63) is 84.1 Å². The zero-order valence-corrected chi connectivity index (χ0v) is 20.7. The van der Waals surface area contributed by atoms with Gasteiger partial charge in [0, 0.05) is 17.8 Å². The van der Waals surface area contributed by atoms with Crippen molar-refractivity contribution in [2.75, 3.05) is 12.0 Å². The average molecular weight is 501 g/mol. The average Bonchev–Trinajstić information content (AvgIpc) is 3.71. The van der Waals surface area contributed by atoms with E-state index in [9.17, 15) is 9.59 Å². The molecule has 1 aliphatic carbocycles. The number of carbonyl (C=O) groups excluding carboxylic acids is 2. The summed E-state index contributed by atoms with van der Waals surface area (Å²) in [6, 6.07) is 15.2. The summed E-state index contributed by atoms with van der Waals surface area (Å²) in [6.45, 7) is 1.98. The molecule has 10 nitrogen and oxygen atoms in total. The van der Waals surface area contributed by atoms with E-state index in [0.717, 1.165) is 31.2 Å². The number of rotatable bonds is 8. The van der Waals surface area contributed by atoms with Crippen LogP contribution in [0.15, 0.2) is 71.6 Å². The van der Waals surface area contributed by atoms with Crippen LogP contribution in [0.2, 0.25) is 0 Å². The molecule has 1 unspecified atom stereocenters. The third kappa shape index (κ3) is 5.09. The number of aryl methyl sites for hydroxylation is 1. The molecule has 4 aromatic rings. The van der Waals surface area contributed by atoms with Gasteiger partial charge in [-0.15, -0.1) is 5.10 Å². The fourth-order valence-corrected chi connectivity index (χ4v) is 4.70. The molecule has 2 aromatic heterocycles. The van der Waals surface area contributed by atoms with Crippen LogP contribution in [0.3, 0.4) is 0 Å². The molecule has 1 N–H and O–H groups in total. The smallest absolute Gasteiger partial charge is 0.294 e. The lowest BCUT2D eigenvalue weighted by molar-refractivity contribution is -0.123. The van der Waals surface area contributed by atoms with Crippen LogP contribution in [0, 0.1) is 6.92 Å². The molecule has 5 rings (SSSR count). The molecule has 190 valence electrons. The van der Waals surface area contributed by atoms with Gasteiger partial charge in [-0.2, -0.15) is 4.68 Å². The summed E-state index contributed by atoms with van der Waals surface area (Å²) in [7, 11) is 1.52. The van der Waals surface area contributed by atoms with Crippen LogP contribution in [-0.2, 0) is 4.79 Å². The first-order valence-corrected chi connectivity index (χ1v) is 12.2. The fourth-order valence-electron chi connectivity index (χ4n) is 4.70. The van der Waals surface area contributed by atoms with Crippen molar-refractivity contribution in [2.24, 2.45) is 0 Å². The number of hydrogen-bond donors (Lipinski definition) is 1. The Bertz CT molecular complexity index is 1350. The Kier molecular flexibility index (Phi) is 6.98. The van der Waals surface area contributed by atoms with E-state index in [1.165, 1.54) is 29.3 Å². The Morgan fingerprint density at radius 1 is 1.14 bits per heavy atom. The Hall–Kier alpha value is -4.47. The number of methoxy groups -OCH3 is 1. The van der Waals surface area contributed by atoms with Crippen LogP contribution in [0.5, 0.6) is 5.75 Å². The molecule has 0 aliphatic heterocycles. The van der Waals surface area contributed by atoms with Gasteiger partial charge in [0.2, 0.25) is 5.91 Å². The van der Waals surface area contributed by atoms with Gasteiger partial charge < -0.3 is 14.5 Å². The van der Waals surface area contributed by atoms with Crippen LogP contribution < -0.4 is 15.0 Å². The highest BCUT2D eigenvalue weighted by Crippen LogP contribution is 2.35. The first-order valence-electron chi connectivity index (χ1n) is 12.2. The summed E-state index contributed by atoms with van der Waals surface area (Å²) < 4.78 is 12.6. The largest absolute Gasteiger partial charge is 0.494 e. The number of ether oxygens (including phenoxy) is 1. The number of benzene rings is 2. The highest BCUT2D eigenvalue weighted by atomic mass is 16.5. The van der Waals surface area contributed by atoms with E-state index in [4.69, 9.17) is 9.15 Å². The van der Waals surface area contributed by atoms with Crippen molar-refractivity contribution < 1.29 is 18.7 Å². The van der Waals surface area contributed by atoms with Gasteiger partial charge in [0.05, 0.1) is 13.4 Å². The molecule has 0 spiro atoms. The summed E-state index contributed by atoms with van der Waals surface area (Å²) in [5.41, 5.74) is 2.78. The van der Waals surface area contributed by atoms with Gasteiger partial charge in [-0.3, -0.25) is 14.5 Å². The number of nitrogens with zero attached hydrogens (tertiary/aromatic N) is 5. The van der Waals surface area contributed by atoms with Gasteiger partial charge in [0.15, 0.2) is 5.76 Å². The predicted molar refractivity (Wildman–Crippen MR) is 136 cm³/mol. The van der Waals surface area contributed by atoms with Crippen molar-refractivity contribution in [1.29, 1.82) is 0 Å². The summed E-state index contributed by atoms with van der Waals surface area (Å²) in [4.78, 5) is 29.3. The first-order chi connectivity index (χ1) is 18.0. The quantitative estimate of drug-likeness (QED) is 0.388. The molecule has 0 saturated heterocycles. The molecule has 0 radical (unpaired) electrons. The minimum Gasteiger partial charge on any atom is -0.494 e. The van der Waals surface area contributed by atoms with Gasteiger partial charge in [0.25, 0.3) is 5.91 Å². The number of nitrogens with one attached hydrogen (secondary N) is 1. The van der Waals surface area contributed by atoms with Crippen LogP contribution in [-0.4, -0.2) is 45.2 Å². The van der Waals surface area contributed by atoms with Gasteiger partial charge in [-0.25, -0.2) is 0 Å². The summed E-state index contributed by atoms with van der Waals surface area (Å²) in [6.07, 6.45) is 6.88. The van der Waals surface area contributed by atoms with Crippen molar-refractivity contribution in [3.8, 4) is 11.4 Å². The third-order valence-corrected chi connectivity index (χ3v) is 6.59. The molecule has 1 fully saturated rings. The minimum absolute atomic E-state index is 0.0812. The first kappa shape index (κ1) is 24.2. The molecule has 2 aromatic carbocycles. The molecular formula is C27H28N6O4. The summed E-state index contributed by atoms with van der Waals surface area (Å²) in [5, 5.41) is 14.5. The van der Waals surface area contributed by atoms with E-state index in [1.807, 2.05) is 31.2 Å². The molecule has 2 heterocycles. The fraction of sp³-hybridized carbons (Fsp3) is 0.296. The van der Waals surface area contributed by atoms with E-state index in [2.05, 4.69) is 20.8 Å². The number of hydrogen-bond acceptors (Lipinski definition) is 7. The maximum Gasteiger partial charge on any atom is 0.294 e. The third-order valence-electron chi connectivity index (χ3n) is 6.59. The Balaban J connectivity index is 1.63. The van der Waals surface area contributed by atoms with E-state index in [1.54, 1.807) is 30.3 Å². The zero-order valence-electron chi connectivity index (χ0n) is 20.7. The normalized spacial score (nSPS) is 14.3. The van der Waals surface area contributed by atoms with Crippen molar-refractivity contribution >= 4 is 17.5 Å². The maximum absolute atomic E-state index is 13.9. The summed E-state index contributed by atoms with van der Waals surface area (Å²) in [5.74, 6) is -0.149. The number of amides is 2. The van der Waals surface area contributed by atoms with Crippen LogP contribution in [0.25, 0.3) is 5.69 Å². The van der Waals surface area contributed by atoms with Crippen LogP contribution in [0.4, 0.5) is 5.69 Å². The maximum atomic E-state index is 13.9. The van der Waals surface area contributed by atoms with Crippen molar-refractivity contribution in [2.45, 2.75) is 44.7 Å². The van der Waals surface area contributed by atoms with Crippen molar-refractivity contribution in [1.82, 2.24) is 25.5 Å². The van der Waals surface area contributed by atoms with E-state index in [-0.39, 0.29) is 17.7 Å². The minimum atomic E-state index is -0.942. The van der Waals surface area contributed by atoms with E-state index in [0.29, 0.717) is 22.7 Å². The number of tetrazole rings is 1. The number of furan rings is 1. The number of anilines is 1. The molecule has 1 atom stereocenters. The second-order valence-electron chi connectivity index (χ2n) is 9.07. The second kappa shape index (κ2) is 10.7.